The van der Waals surface area contributed by atoms with E-state index >= 15 is 0 Å². The largest absolute Gasteiger partial charge is 0.389 e. The van der Waals surface area contributed by atoms with Gasteiger partial charge in [-0.15, -0.1) is 0 Å². The van der Waals surface area contributed by atoms with Gasteiger partial charge in [0.05, 0.1) is 6.10 Å². The highest BCUT2D eigenvalue weighted by Crippen LogP contribution is 2.09. The van der Waals surface area contributed by atoms with Crippen LogP contribution in [0.25, 0.3) is 0 Å². The van der Waals surface area contributed by atoms with Crippen molar-refractivity contribution in [3.63, 3.8) is 0 Å². The molecule has 14 heavy (non-hydrogen) atoms. The Morgan fingerprint density at radius 2 is 1.93 bits per heavy atom. The standard InChI is InChI=1S/C13H24O/c1-5-12(4)13(14)10-8-6-7-9-11(2)3/h5-7,11,13-14H,8-10H2,1-4H3. The molecule has 0 saturated carbocycles. The molecule has 1 N–H and O–H groups in total. The summed E-state index contributed by atoms with van der Waals surface area (Å²) in [6, 6.07) is 0. The van der Waals surface area contributed by atoms with Crippen LogP contribution in [-0.2, 0) is 0 Å². The van der Waals surface area contributed by atoms with Crippen LogP contribution in [0.3, 0.4) is 0 Å². The second-order valence-electron chi connectivity index (χ2n) is 4.23. The molecule has 1 atom stereocenters. The molecule has 0 rings (SSSR count). The maximum Gasteiger partial charge on any atom is 0.0750 e. The van der Waals surface area contributed by atoms with Crippen LogP contribution >= 0.6 is 0 Å². The Kier molecular flexibility index (Phi) is 7.50. The van der Waals surface area contributed by atoms with Gasteiger partial charge in [0.25, 0.3) is 0 Å². The molecule has 0 bridgehead atoms. The molecule has 0 saturated heterocycles. The van der Waals surface area contributed by atoms with Crippen LogP contribution in [0.5, 0.6) is 0 Å². The molecule has 0 aliphatic heterocycles. The first-order valence-electron chi connectivity index (χ1n) is 5.53. The Labute approximate surface area is 88.5 Å². The molecular weight excluding hydrogens is 172 g/mol. The van der Waals surface area contributed by atoms with Gasteiger partial charge >= 0.3 is 0 Å². The van der Waals surface area contributed by atoms with Gasteiger partial charge in [0.15, 0.2) is 0 Å². The maximum absolute atomic E-state index is 9.62. The molecule has 0 amide bonds. The second kappa shape index (κ2) is 7.81. The summed E-state index contributed by atoms with van der Waals surface area (Å²) in [5.41, 5.74) is 1.07. The van der Waals surface area contributed by atoms with Crippen molar-refractivity contribution >= 4 is 0 Å². The van der Waals surface area contributed by atoms with Gasteiger partial charge in [0.2, 0.25) is 0 Å². The zero-order chi connectivity index (χ0) is 11.0. The highest BCUT2D eigenvalue weighted by Gasteiger charge is 2.02. The van der Waals surface area contributed by atoms with Crippen molar-refractivity contribution in [1.82, 2.24) is 0 Å². The summed E-state index contributed by atoms with van der Waals surface area (Å²) in [4.78, 5) is 0. The van der Waals surface area contributed by atoms with Gasteiger partial charge < -0.3 is 5.11 Å². The smallest absolute Gasteiger partial charge is 0.0750 e. The first-order chi connectivity index (χ1) is 6.57. The molecule has 82 valence electrons. The van der Waals surface area contributed by atoms with E-state index in [0.717, 1.165) is 30.8 Å². The van der Waals surface area contributed by atoms with Gasteiger partial charge in [0, 0.05) is 0 Å². The normalized spacial score (nSPS) is 15.4. The van der Waals surface area contributed by atoms with Crippen LogP contribution < -0.4 is 0 Å². The first-order valence-corrected chi connectivity index (χ1v) is 5.53. The van der Waals surface area contributed by atoms with E-state index in [0.29, 0.717) is 0 Å². The summed E-state index contributed by atoms with van der Waals surface area (Å²) in [6.07, 6.45) is 9.04. The molecule has 0 aromatic rings. The third-order valence-corrected chi connectivity index (χ3v) is 2.36. The molecular formula is C13H24O. The molecule has 0 aliphatic carbocycles. The maximum atomic E-state index is 9.62. The van der Waals surface area contributed by atoms with Crippen molar-refractivity contribution in [2.45, 2.75) is 53.1 Å². The quantitative estimate of drug-likeness (QED) is 0.642. The highest BCUT2D eigenvalue weighted by molar-refractivity contribution is 5.03. The third kappa shape index (κ3) is 6.90. The fraction of sp³-hybridized carbons (Fsp3) is 0.692. The number of aliphatic hydroxyl groups is 1. The zero-order valence-electron chi connectivity index (χ0n) is 9.96. The van der Waals surface area contributed by atoms with Crippen molar-refractivity contribution in [1.29, 1.82) is 0 Å². The van der Waals surface area contributed by atoms with Crippen molar-refractivity contribution in [2.75, 3.05) is 0 Å². The number of allylic oxidation sites excluding steroid dienone is 3. The van der Waals surface area contributed by atoms with Crippen molar-refractivity contribution < 1.29 is 5.11 Å². The Hall–Kier alpha value is -0.560. The molecule has 0 fully saturated rings. The Balaban J connectivity index is 3.59. The lowest BCUT2D eigenvalue weighted by atomic mass is 10.1. The molecule has 0 aliphatic rings. The molecule has 1 heteroatoms. The highest BCUT2D eigenvalue weighted by atomic mass is 16.3. The van der Waals surface area contributed by atoms with Gasteiger partial charge in [-0.2, -0.15) is 0 Å². The molecule has 0 spiro atoms. The van der Waals surface area contributed by atoms with Crippen molar-refractivity contribution in [2.24, 2.45) is 5.92 Å². The topological polar surface area (TPSA) is 20.2 Å². The van der Waals surface area contributed by atoms with E-state index in [-0.39, 0.29) is 6.10 Å². The number of aliphatic hydroxyl groups excluding tert-OH is 1. The van der Waals surface area contributed by atoms with E-state index in [4.69, 9.17) is 0 Å². The van der Waals surface area contributed by atoms with E-state index in [2.05, 4.69) is 26.0 Å². The monoisotopic (exact) mass is 196 g/mol. The number of hydrogen-bond acceptors (Lipinski definition) is 1. The minimum absolute atomic E-state index is 0.260. The SMILES string of the molecule is CC=C(C)C(O)CCC=CCC(C)C. The summed E-state index contributed by atoms with van der Waals surface area (Å²) in [5.74, 6) is 0.730. The molecule has 1 nitrogen and oxygen atoms in total. The van der Waals surface area contributed by atoms with Gasteiger partial charge in [-0.05, 0) is 44.6 Å². The number of hydrogen-bond donors (Lipinski definition) is 1. The second-order valence-corrected chi connectivity index (χ2v) is 4.23. The third-order valence-electron chi connectivity index (χ3n) is 2.36. The lowest BCUT2D eigenvalue weighted by molar-refractivity contribution is 0.201. The van der Waals surface area contributed by atoms with Crippen LogP contribution in [0.4, 0.5) is 0 Å². The molecule has 0 aromatic heterocycles. The average molecular weight is 196 g/mol. The predicted octanol–water partition coefficient (Wildman–Crippen LogP) is 3.70. The predicted molar refractivity (Wildman–Crippen MR) is 63.3 cm³/mol. The molecule has 0 heterocycles. The Morgan fingerprint density at radius 3 is 2.43 bits per heavy atom. The van der Waals surface area contributed by atoms with Crippen molar-refractivity contribution in [3.05, 3.63) is 23.8 Å². The van der Waals surface area contributed by atoms with Crippen LogP contribution in [-0.4, -0.2) is 11.2 Å². The molecule has 1 unspecified atom stereocenters. The Morgan fingerprint density at radius 1 is 1.29 bits per heavy atom. The van der Waals surface area contributed by atoms with Crippen LogP contribution in [0.15, 0.2) is 23.8 Å². The summed E-state index contributed by atoms with van der Waals surface area (Å²) in [6.45, 7) is 8.36. The minimum atomic E-state index is -0.260. The fourth-order valence-corrected chi connectivity index (χ4v) is 1.16. The van der Waals surface area contributed by atoms with Crippen LogP contribution in [0.2, 0.25) is 0 Å². The van der Waals surface area contributed by atoms with Gasteiger partial charge in [-0.1, -0.05) is 32.1 Å². The lowest BCUT2D eigenvalue weighted by Crippen LogP contribution is -2.06. The summed E-state index contributed by atoms with van der Waals surface area (Å²) in [5, 5.41) is 9.62. The summed E-state index contributed by atoms with van der Waals surface area (Å²) < 4.78 is 0. The Bertz CT molecular complexity index is 189. The number of rotatable bonds is 6. The van der Waals surface area contributed by atoms with Gasteiger partial charge in [-0.3, -0.25) is 0 Å². The summed E-state index contributed by atoms with van der Waals surface area (Å²) in [7, 11) is 0. The summed E-state index contributed by atoms with van der Waals surface area (Å²) >= 11 is 0. The van der Waals surface area contributed by atoms with Gasteiger partial charge in [0.1, 0.15) is 0 Å². The first kappa shape index (κ1) is 13.4. The molecule has 0 radical (unpaired) electrons. The van der Waals surface area contributed by atoms with E-state index in [1.54, 1.807) is 0 Å². The molecule has 0 aromatic carbocycles. The van der Waals surface area contributed by atoms with E-state index in [9.17, 15) is 5.11 Å². The lowest BCUT2D eigenvalue weighted by Gasteiger charge is -2.08. The van der Waals surface area contributed by atoms with E-state index in [1.165, 1.54) is 0 Å². The van der Waals surface area contributed by atoms with Gasteiger partial charge in [-0.25, -0.2) is 0 Å². The fourth-order valence-electron chi connectivity index (χ4n) is 1.16. The van der Waals surface area contributed by atoms with Crippen LogP contribution in [0.1, 0.15) is 47.0 Å². The van der Waals surface area contributed by atoms with E-state index in [1.807, 2.05) is 19.9 Å². The minimum Gasteiger partial charge on any atom is -0.389 e. The van der Waals surface area contributed by atoms with E-state index < -0.39 is 0 Å². The van der Waals surface area contributed by atoms with Crippen LogP contribution in [0, 0.1) is 5.92 Å². The van der Waals surface area contributed by atoms with Crippen molar-refractivity contribution in [3.8, 4) is 0 Å². The average Bonchev–Trinajstić information content (AvgIpc) is 2.15. The zero-order valence-corrected chi connectivity index (χ0v) is 9.96.